The molecule has 0 radical (unpaired) electrons. The minimum Gasteiger partial charge on any atom is -0.507 e. The van der Waals surface area contributed by atoms with Crippen LogP contribution < -0.4 is 15.5 Å². The van der Waals surface area contributed by atoms with E-state index in [1.54, 1.807) is 24.7 Å². The molecule has 132 valence electrons. The predicted molar refractivity (Wildman–Crippen MR) is 100 cm³/mol. The number of para-hydroxylation sites is 1. The number of piperazine rings is 1. The lowest BCUT2D eigenvalue weighted by Crippen LogP contribution is -2.47. The molecule has 0 saturated carbocycles. The number of nitrogens with zero attached hydrogens (tertiary/aromatic N) is 6. The van der Waals surface area contributed by atoms with E-state index in [1.807, 2.05) is 24.3 Å². The molecule has 8 nitrogen and oxygen atoms in total. The van der Waals surface area contributed by atoms with Gasteiger partial charge in [0.1, 0.15) is 17.9 Å². The predicted octanol–water partition coefficient (Wildman–Crippen LogP) is 1.55. The van der Waals surface area contributed by atoms with Crippen LogP contribution in [0, 0.1) is 0 Å². The van der Waals surface area contributed by atoms with Crippen molar-refractivity contribution in [3.63, 3.8) is 0 Å². The molecule has 0 bridgehead atoms. The van der Waals surface area contributed by atoms with Crippen LogP contribution in [0.3, 0.4) is 0 Å². The van der Waals surface area contributed by atoms with Gasteiger partial charge >= 0.3 is 0 Å². The van der Waals surface area contributed by atoms with Gasteiger partial charge in [0.2, 0.25) is 0 Å². The Morgan fingerprint density at radius 3 is 2.46 bits per heavy atom. The first kappa shape index (κ1) is 16.1. The van der Waals surface area contributed by atoms with E-state index in [2.05, 4.69) is 30.0 Å². The van der Waals surface area contributed by atoms with Crippen LogP contribution in [0.25, 0.3) is 11.3 Å². The van der Waals surface area contributed by atoms with E-state index in [0.717, 1.165) is 37.7 Å². The van der Waals surface area contributed by atoms with Crippen LogP contribution in [0.2, 0.25) is 0 Å². The van der Waals surface area contributed by atoms with Gasteiger partial charge in [0.25, 0.3) is 0 Å². The summed E-state index contributed by atoms with van der Waals surface area (Å²) in [7, 11) is 0. The second kappa shape index (κ2) is 6.83. The highest BCUT2D eigenvalue weighted by Crippen LogP contribution is 2.31. The molecule has 1 aromatic carbocycles. The Balaban J connectivity index is 1.55. The first-order chi connectivity index (χ1) is 12.7. The van der Waals surface area contributed by atoms with Crippen LogP contribution >= 0.6 is 0 Å². The third-order valence-electron chi connectivity index (χ3n) is 4.49. The molecule has 1 aliphatic rings. The molecule has 26 heavy (non-hydrogen) atoms. The number of aromatic hydroxyl groups is 1. The first-order valence-electron chi connectivity index (χ1n) is 8.40. The van der Waals surface area contributed by atoms with Crippen molar-refractivity contribution in [2.24, 2.45) is 0 Å². The van der Waals surface area contributed by atoms with E-state index in [0.29, 0.717) is 17.1 Å². The Bertz CT molecular complexity index is 895. The van der Waals surface area contributed by atoms with Crippen molar-refractivity contribution in [1.29, 1.82) is 0 Å². The Labute approximate surface area is 151 Å². The smallest absolute Gasteiger partial charge is 0.169 e. The fourth-order valence-electron chi connectivity index (χ4n) is 3.11. The van der Waals surface area contributed by atoms with Gasteiger partial charge in [0, 0.05) is 37.9 Å². The van der Waals surface area contributed by atoms with Gasteiger partial charge < -0.3 is 20.6 Å². The lowest BCUT2D eigenvalue weighted by Gasteiger charge is -2.36. The summed E-state index contributed by atoms with van der Waals surface area (Å²) in [5.74, 6) is 1.49. The number of aromatic nitrogens is 4. The Morgan fingerprint density at radius 1 is 0.962 bits per heavy atom. The summed E-state index contributed by atoms with van der Waals surface area (Å²) in [6, 6.07) is 10.9. The van der Waals surface area contributed by atoms with Crippen LogP contribution in [0.5, 0.6) is 5.75 Å². The molecular formula is C18H19N7O. The van der Waals surface area contributed by atoms with Crippen molar-refractivity contribution in [3.8, 4) is 17.0 Å². The van der Waals surface area contributed by atoms with Crippen molar-refractivity contribution in [3.05, 3.63) is 48.9 Å². The molecule has 1 aliphatic heterocycles. The van der Waals surface area contributed by atoms with E-state index in [1.165, 1.54) is 0 Å². The van der Waals surface area contributed by atoms with Gasteiger partial charge in [0.15, 0.2) is 5.82 Å². The minimum absolute atomic E-state index is 0.172. The van der Waals surface area contributed by atoms with Crippen LogP contribution in [0.15, 0.2) is 48.9 Å². The molecule has 0 aliphatic carbocycles. The summed E-state index contributed by atoms with van der Waals surface area (Å²) in [6.45, 7) is 3.23. The van der Waals surface area contributed by atoms with E-state index < -0.39 is 0 Å². The summed E-state index contributed by atoms with van der Waals surface area (Å²) in [4.78, 5) is 12.7. The number of rotatable bonds is 3. The Morgan fingerprint density at radius 2 is 1.73 bits per heavy atom. The lowest BCUT2D eigenvalue weighted by molar-refractivity contribution is 0.477. The number of phenolic OH excluding ortho intramolecular Hbond substituents is 1. The number of benzene rings is 1. The third-order valence-corrected chi connectivity index (χ3v) is 4.49. The topological polar surface area (TPSA) is 104 Å². The molecule has 1 fully saturated rings. The number of nitrogen functional groups attached to an aromatic ring is 1. The molecule has 0 spiro atoms. The fourth-order valence-corrected chi connectivity index (χ4v) is 3.11. The highest BCUT2D eigenvalue weighted by Gasteiger charge is 2.21. The van der Waals surface area contributed by atoms with E-state index >= 15 is 0 Å². The third kappa shape index (κ3) is 3.08. The SMILES string of the molecule is Nc1nnc(-c2ccccc2O)cc1N1CCN(c2ccncn2)CC1. The van der Waals surface area contributed by atoms with Gasteiger partial charge in [-0.25, -0.2) is 9.97 Å². The first-order valence-corrected chi connectivity index (χ1v) is 8.40. The second-order valence-corrected chi connectivity index (χ2v) is 6.06. The number of phenols is 1. The van der Waals surface area contributed by atoms with Crippen molar-refractivity contribution < 1.29 is 5.11 Å². The van der Waals surface area contributed by atoms with E-state index in [4.69, 9.17) is 5.73 Å². The van der Waals surface area contributed by atoms with Crippen molar-refractivity contribution >= 4 is 17.3 Å². The number of anilines is 3. The van der Waals surface area contributed by atoms with Crippen LogP contribution in [-0.2, 0) is 0 Å². The average molecular weight is 349 g/mol. The molecule has 8 heteroatoms. The summed E-state index contributed by atoms with van der Waals surface area (Å²) in [6.07, 6.45) is 3.31. The summed E-state index contributed by atoms with van der Waals surface area (Å²) in [5.41, 5.74) is 8.15. The zero-order valence-electron chi connectivity index (χ0n) is 14.2. The largest absolute Gasteiger partial charge is 0.507 e. The monoisotopic (exact) mass is 349 g/mol. The molecule has 0 atom stereocenters. The standard InChI is InChI=1S/C18H19N7O/c19-18-15(11-14(22-23-18)13-3-1-2-4-16(13)26)24-7-9-25(10-8-24)17-5-6-20-12-21-17/h1-6,11-12,26H,7-10H2,(H2,19,23). The Hall–Kier alpha value is -3.42. The summed E-state index contributed by atoms with van der Waals surface area (Å²) in [5, 5.41) is 18.3. The van der Waals surface area contributed by atoms with Crippen LogP contribution in [-0.4, -0.2) is 51.5 Å². The fraction of sp³-hybridized carbons (Fsp3) is 0.222. The molecule has 0 unspecified atom stereocenters. The zero-order chi connectivity index (χ0) is 17.9. The summed E-state index contributed by atoms with van der Waals surface area (Å²) < 4.78 is 0. The highest BCUT2D eigenvalue weighted by molar-refractivity contribution is 5.74. The van der Waals surface area contributed by atoms with Crippen LogP contribution in [0.1, 0.15) is 0 Å². The van der Waals surface area contributed by atoms with Gasteiger partial charge in [-0.15, -0.1) is 10.2 Å². The van der Waals surface area contributed by atoms with Crippen LogP contribution in [0.4, 0.5) is 17.3 Å². The quantitative estimate of drug-likeness (QED) is 0.734. The van der Waals surface area contributed by atoms with E-state index in [-0.39, 0.29) is 5.75 Å². The maximum Gasteiger partial charge on any atom is 0.169 e. The maximum absolute atomic E-state index is 10.1. The normalized spacial score (nSPS) is 14.5. The molecular weight excluding hydrogens is 330 g/mol. The van der Waals surface area contributed by atoms with Gasteiger partial charge in [-0.1, -0.05) is 12.1 Å². The molecule has 4 rings (SSSR count). The maximum atomic E-state index is 10.1. The van der Waals surface area contributed by atoms with Gasteiger partial charge in [0.05, 0.1) is 11.4 Å². The molecule has 1 saturated heterocycles. The van der Waals surface area contributed by atoms with Gasteiger partial charge in [-0.2, -0.15) is 0 Å². The highest BCUT2D eigenvalue weighted by atomic mass is 16.3. The average Bonchev–Trinajstić information content (AvgIpc) is 2.70. The number of hydrogen-bond donors (Lipinski definition) is 2. The number of nitrogens with two attached hydrogens (primary N) is 1. The van der Waals surface area contributed by atoms with Crippen molar-refractivity contribution in [1.82, 2.24) is 20.2 Å². The van der Waals surface area contributed by atoms with Gasteiger partial charge in [-0.3, -0.25) is 0 Å². The van der Waals surface area contributed by atoms with Crippen molar-refractivity contribution in [2.75, 3.05) is 41.7 Å². The summed E-state index contributed by atoms with van der Waals surface area (Å²) >= 11 is 0. The van der Waals surface area contributed by atoms with Gasteiger partial charge in [-0.05, 0) is 24.3 Å². The molecule has 2 aromatic heterocycles. The van der Waals surface area contributed by atoms with Crippen molar-refractivity contribution in [2.45, 2.75) is 0 Å². The molecule has 3 N–H and O–H groups in total. The molecule has 3 heterocycles. The lowest BCUT2D eigenvalue weighted by atomic mass is 10.1. The molecule has 3 aromatic rings. The second-order valence-electron chi connectivity index (χ2n) is 6.06. The minimum atomic E-state index is 0.172. The van der Waals surface area contributed by atoms with E-state index in [9.17, 15) is 5.11 Å². The molecule has 0 amide bonds. The zero-order valence-corrected chi connectivity index (χ0v) is 14.2. The number of hydrogen-bond acceptors (Lipinski definition) is 8. The Kier molecular flexibility index (Phi) is 4.22.